The Labute approximate surface area is 143 Å². The van der Waals surface area contributed by atoms with E-state index in [0.717, 1.165) is 17.5 Å². The van der Waals surface area contributed by atoms with Crippen molar-refractivity contribution in [3.05, 3.63) is 71.8 Å². The van der Waals surface area contributed by atoms with Crippen molar-refractivity contribution < 1.29 is 19.3 Å². The summed E-state index contributed by atoms with van der Waals surface area (Å²) in [4.78, 5) is 0. The van der Waals surface area contributed by atoms with Gasteiger partial charge in [0.1, 0.15) is 12.2 Å². The minimum Gasteiger partial charge on any atom is -0.368 e. The highest BCUT2D eigenvalue weighted by Crippen LogP contribution is 2.28. The molecule has 1 saturated heterocycles. The van der Waals surface area contributed by atoms with E-state index in [0.29, 0.717) is 13.2 Å². The lowest BCUT2D eigenvalue weighted by molar-refractivity contribution is -0.149. The van der Waals surface area contributed by atoms with Crippen LogP contribution in [-0.2, 0) is 27.4 Å². The molecule has 1 aliphatic rings. The Balaban J connectivity index is 1.63. The number of aliphatic hydroxyl groups is 1. The second-order valence-corrected chi connectivity index (χ2v) is 6.00. The number of hydrogen-bond acceptors (Lipinski definition) is 4. The van der Waals surface area contributed by atoms with Crippen molar-refractivity contribution in [2.75, 3.05) is 0 Å². The number of hydrogen-bond donors (Lipinski definition) is 1. The number of aliphatic hydroxyl groups excluding tert-OH is 1. The lowest BCUT2D eigenvalue weighted by Gasteiger charge is -2.23. The molecule has 128 valence electrons. The molecule has 0 aromatic heterocycles. The van der Waals surface area contributed by atoms with Gasteiger partial charge in [0.15, 0.2) is 6.29 Å². The predicted octanol–water partition coefficient (Wildman–Crippen LogP) is 3.28. The molecule has 1 N–H and O–H groups in total. The van der Waals surface area contributed by atoms with Gasteiger partial charge in [0.25, 0.3) is 0 Å². The first-order valence-corrected chi connectivity index (χ1v) is 8.42. The van der Waals surface area contributed by atoms with Gasteiger partial charge < -0.3 is 19.3 Å². The SMILES string of the molecule is CCC1OC(O)C(OCc2ccccc2)C1OCc1ccccc1. The maximum Gasteiger partial charge on any atom is 0.184 e. The minimum atomic E-state index is -0.959. The fourth-order valence-electron chi connectivity index (χ4n) is 2.95. The van der Waals surface area contributed by atoms with Crippen LogP contribution in [0.25, 0.3) is 0 Å². The summed E-state index contributed by atoms with van der Waals surface area (Å²) < 4.78 is 17.6. The van der Waals surface area contributed by atoms with Crippen molar-refractivity contribution >= 4 is 0 Å². The van der Waals surface area contributed by atoms with Gasteiger partial charge in [-0.3, -0.25) is 0 Å². The summed E-state index contributed by atoms with van der Waals surface area (Å²) in [5, 5.41) is 10.2. The summed E-state index contributed by atoms with van der Waals surface area (Å²) in [6, 6.07) is 19.9. The Hall–Kier alpha value is -1.72. The predicted molar refractivity (Wildman–Crippen MR) is 91.2 cm³/mol. The van der Waals surface area contributed by atoms with Gasteiger partial charge in [-0.25, -0.2) is 0 Å². The fourth-order valence-corrected chi connectivity index (χ4v) is 2.95. The van der Waals surface area contributed by atoms with Crippen molar-refractivity contribution in [3.63, 3.8) is 0 Å². The molecule has 2 aromatic carbocycles. The molecule has 0 amide bonds. The maximum atomic E-state index is 10.2. The molecular weight excluding hydrogens is 304 g/mol. The van der Waals surface area contributed by atoms with Gasteiger partial charge in [0, 0.05) is 0 Å². The van der Waals surface area contributed by atoms with Gasteiger partial charge in [-0.15, -0.1) is 0 Å². The summed E-state index contributed by atoms with van der Waals surface area (Å²) in [5.74, 6) is 0. The van der Waals surface area contributed by atoms with Crippen LogP contribution in [0.3, 0.4) is 0 Å². The zero-order valence-electron chi connectivity index (χ0n) is 13.9. The number of rotatable bonds is 7. The third-order valence-electron chi connectivity index (χ3n) is 4.26. The Bertz CT molecular complexity index is 602. The maximum absolute atomic E-state index is 10.2. The Morgan fingerprint density at radius 3 is 1.83 bits per heavy atom. The second-order valence-electron chi connectivity index (χ2n) is 6.00. The molecule has 4 atom stereocenters. The third kappa shape index (κ3) is 4.22. The summed E-state index contributed by atoms with van der Waals surface area (Å²) in [6.45, 7) is 2.92. The van der Waals surface area contributed by atoms with Crippen LogP contribution in [0.4, 0.5) is 0 Å². The van der Waals surface area contributed by atoms with Gasteiger partial charge in [-0.05, 0) is 17.5 Å². The van der Waals surface area contributed by atoms with Crippen molar-refractivity contribution in [3.8, 4) is 0 Å². The van der Waals surface area contributed by atoms with Crippen molar-refractivity contribution in [2.24, 2.45) is 0 Å². The smallest absolute Gasteiger partial charge is 0.184 e. The number of benzene rings is 2. The standard InChI is InChI=1S/C20H24O4/c1-2-17-18(22-13-15-9-5-3-6-10-15)19(20(21)24-17)23-14-16-11-7-4-8-12-16/h3-12,17-21H,2,13-14H2,1H3. The molecule has 1 aliphatic heterocycles. The molecule has 3 rings (SSSR count). The zero-order chi connectivity index (χ0) is 16.8. The molecule has 0 saturated carbocycles. The van der Waals surface area contributed by atoms with Gasteiger partial charge in [-0.2, -0.15) is 0 Å². The third-order valence-corrected chi connectivity index (χ3v) is 4.26. The minimum absolute atomic E-state index is 0.163. The normalized spacial score (nSPS) is 26.6. The second kappa shape index (κ2) is 8.40. The van der Waals surface area contributed by atoms with Crippen molar-refractivity contribution in [1.29, 1.82) is 0 Å². The molecule has 0 radical (unpaired) electrons. The highest BCUT2D eigenvalue weighted by Gasteiger charge is 2.44. The topological polar surface area (TPSA) is 47.9 Å². The van der Waals surface area contributed by atoms with Crippen LogP contribution in [0.5, 0.6) is 0 Å². The molecule has 1 fully saturated rings. The van der Waals surface area contributed by atoms with E-state index < -0.39 is 12.4 Å². The van der Waals surface area contributed by atoms with Gasteiger partial charge >= 0.3 is 0 Å². The molecule has 0 aliphatic carbocycles. The highest BCUT2D eigenvalue weighted by atomic mass is 16.7. The molecule has 4 unspecified atom stereocenters. The monoisotopic (exact) mass is 328 g/mol. The molecule has 4 nitrogen and oxygen atoms in total. The van der Waals surface area contributed by atoms with E-state index in [1.807, 2.05) is 67.6 Å². The van der Waals surface area contributed by atoms with Crippen LogP contribution >= 0.6 is 0 Å². The molecule has 0 bridgehead atoms. The van der Waals surface area contributed by atoms with Gasteiger partial charge in [0.05, 0.1) is 19.3 Å². The molecular formula is C20H24O4. The Morgan fingerprint density at radius 1 is 0.833 bits per heavy atom. The van der Waals surface area contributed by atoms with Crippen LogP contribution in [0.1, 0.15) is 24.5 Å². The van der Waals surface area contributed by atoms with Crippen LogP contribution in [-0.4, -0.2) is 29.7 Å². The largest absolute Gasteiger partial charge is 0.368 e. The first kappa shape index (κ1) is 17.1. The van der Waals surface area contributed by atoms with E-state index >= 15 is 0 Å². The molecule has 4 heteroatoms. The lowest BCUT2D eigenvalue weighted by Crippen LogP contribution is -2.37. The average molecular weight is 328 g/mol. The van der Waals surface area contributed by atoms with Gasteiger partial charge in [-0.1, -0.05) is 67.6 Å². The summed E-state index contributed by atoms with van der Waals surface area (Å²) >= 11 is 0. The van der Waals surface area contributed by atoms with E-state index in [1.165, 1.54) is 0 Å². The van der Waals surface area contributed by atoms with Crippen LogP contribution in [0.2, 0.25) is 0 Å². The summed E-state index contributed by atoms with van der Waals surface area (Å²) in [6.07, 6.45) is -1.13. The van der Waals surface area contributed by atoms with Crippen LogP contribution in [0.15, 0.2) is 60.7 Å². The van der Waals surface area contributed by atoms with Crippen LogP contribution in [0, 0.1) is 0 Å². The van der Waals surface area contributed by atoms with E-state index in [9.17, 15) is 5.11 Å². The average Bonchev–Trinajstić information content (AvgIpc) is 2.94. The Kier molecular flexibility index (Phi) is 5.99. The van der Waals surface area contributed by atoms with Crippen molar-refractivity contribution in [1.82, 2.24) is 0 Å². The molecule has 1 heterocycles. The van der Waals surface area contributed by atoms with E-state index in [1.54, 1.807) is 0 Å². The zero-order valence-corrected chi connectivity index (χ0v) is 13.9. The van der Waals surface area contributed by atoms with E-state index in [2.05, 4.69) is 0 Å². The number of ether oxygens (including phenoxy) is 3. The van der Waals surface area contributed by atoms with Gasteiger partial charge in [0.2, 0.25) is 0 Å². The molecule has 2 aromatic rings. The summed E-state index contributed by atoms with van der Waals surface area (Å²) in [7, 11) is 0. The van der Waals surface area contributed by atoms with E-state index in [-0.39, 0.29) is 12.2 Å². The lowest BCUT2D eigenvalue weighted by atomic mass is 10.1. The van der Waals surface area contributed by atoms with Crippen molar-refractivity contribution in [2.45, 2.75) is 51.2 Å². The quantitative estimate of drug-likeness (QED) is 0.847. The first-order valence-electron chi connectivity index (χ1n) is 8.42. The van der Waals surface area contributed by atoms with Crippen LogP contribution < -0.4 is 0 Å². The molecule has 24 heavy (non-hydrogen) atoms. The Morgan fingerprint density at radius 2 is 1.33 bits per heavy atom. The van der Waals surface area contributed by atoms with E-state index in [4.69, 9.17) is 14.2 Å². The molecule has 0 spiro atoms. The fraction of sp³-hybridized carbons (Fsp3) is 0.400. The highest BCUT2D eigenvalue weighted by molar-refractivity contribution is 5.14. The summed E-state index contributed by atoms with van der Waals surface area (Å²) in [5.41, 5.74) is 2.15. The first-order chi connectivity index (χ1) is 11.8.